The standard InChI is InChI=1S/C23H31N5O/c1-24-23(26-15-21-20-10-6-5-7-17(20)11-13-25-21)27-19-12-14-28(16-19)22(29)18-8-3-2-4-9-18/h5-7,10-11,13,18-19H,2-4,8-9,12,14-16H2,1H3,(H2,24,26,27). The smallest absolute Gasteiger partial charge is 0.225 e. The van der Waals surface area contributed by atoms with Crippen LogP contribution in [0.3, 0.4) is 0 Å². The summed E-state index contributed by atoms with van der Waals surface area (Å²) in [6, 6.07) is 10.6. The van der Waals surface area contributed by atoms with E-state index in [1.807, 2.05) is 29.3 Å². The molecule has 1 unspecified atom stereocenters. The highest BCUT2D eigenvalue weighted by Gasteiger charge is 2.31. The Balaban J connectivity index is 1.31. The molecule has 0 spiro atoms. The first-order valence-electron chi connectivity index (χ1n) is 10.8. The normalized spacial score (nSPS) is 20.8. The number of aromatic nitrogens is 1. The van der Waals surface area contributed by atoms with Crippen LogP contribution in [-0.4, -0.2) is 47.9 Å². The maximum absolute atomic E-state index is 12.8. The second-order valence-electron chi connectivity index (χ2n) is 8.15. The summed E-state index contributed by atoms with van der Waals surface area (Å²) in [6.45, 7) is 2.22. The Morgan fingerprint density at radius 2 is 2.00 bits per heavy atom. The van der Waals surface area contributed by atoms with Crippen molar-refractivity contribution in [3.8, 4) is 0 Å². The molecule has 1 aliphatic heterocycles. The predicted molar refractivity (Wildman–Crippen MR) is 117 cm³/mol. The van der Waals surface area contributed by atoms with Crippen molar-refractivity contribution in [2.45, 2.75) is 51.1 Å². The fourth-order valence-electron chi connectivity index (χ4n) is 4.56. The van der Waals surface area contributed by atoms with Gasteiger partial charge in [0.2, 0.25) is 5.91 Å². The SMILES string of the molecule is CN=C(NCc1nccc2ccccc12)NC1CCN(C(=O)C2CCCCC2)C1. The highest BCUT2D eigenvalue weighted by Crippen LogP contribution is 2.26. The Hall–Kier alpha value is -2.63. The van der Waals surface area contributed by atoms with Gasteiger partial charge in [0.05, 0.1) is 12.2 Å². The largest absolute Gasteiger partial charge is 0.352 e. The number of rotatable bonds is 4. The molecule has 29 heavy (non-hydrogen) atoms. The minimum atomic E-state index is 0.245. The van der Waals surface area contributed by atoms with E-state index in [-0.39, 0.29) is 12.0 Å². The summed E-state index contributed by atoms with van der Waals surface area (Å²) in [5, 5.41) is 9.22. The summed E-state index contributed by atoms with van der Waals surface area (Å²) in [5.41, 5.74) is 1.01. The highest BCUT2D eigenvalue weighted by molar-refractivity contribution is 5.85. The molecule has 2 N–H and O–H groups in total. The van der Waals surface area contributed by atoms with E-state index >= 15 is 0 Å². The highest BCUT2D eigenvalue weighted by atomic mass is 16.2. The average molecular weight is 394 g/mol. The van der Waals surface area contributed by atoms with Crippen LogP contribution in [0.4, 0.5) is 0 Å². The van der Waals surface area contributed by atoms with Crippen molar-refractivity contribution in [1.82, 2.24) is 20.5 Å². The van der Waals surface area contributed by atoms with Gasteiger partial charge in [-0.1, -0.05) is 43.5 Å². The number of fused-ring (bicyclic) bond motifs is 1. The number of hydrogen-bond acceptors (Lipinski definition) is 3. The second kappa shape index (κ2) is 9.25. The minimum Gasteiger partial charge on any atom is -0.352 e. The quantitative estimate of drug-likeness (QED) is 0.619. The lowest BCUT2D eigenvalue weighted by molar-refractivity contribution is -0.135. The summed E-state index contributed by atoms with van der Waals surface area (Å²) in [6.07, 6.45) is 8.62. The van der Waals surface area contributed by atoms with Crippen molar-refractivity contribution in [2.24, 2.45) is 10.9 Å². The molecular weight excluding hydrogens is 362 g/mol. The van der Waals surface area contributed by atoms with Crippen LogP contribution in [0.2, 0.25) is 0 Å². The molecule has 154 valence electrons. The Morgan fingerprint density at radius 1 is 1.17 bits per heavy atom. The van der Waals surface area contributed by atoms with Crippen LogP contribution in [-0.2, 0) is 11.3 Å². The van der Waals surface area contributed by atoms with Crippen LogP contribution in [0.5, 0.6) is 0 Å². The van der Waals surface area contributed by atoms with Gasteiger partial charge in [0.1, 0.15) is 0 Å². The van der Waals surface area contributed by atoms with E-state index in [9.17, 15) is 4.79 Å². The lowest BCUT2D eigenvalue weighted by atomic mass is 9.88. The van der Waals surface area contributed by atoms with Gasteiger partial charge in [-0.3, -0.25) is 14.8 Å². The molecule has 6 nitrogen and oxygen atoms in total. The molecule has 2 aromatic rings. The van der Waals surface area contributed by atoms with Gasteiger partial charge in [-0.15, -0.1) is 0 Å². The molecule has 1 aliphatic carbocycles. The Kier molecular flexibility index (Phi) is 6.27. The fraction of sp³-hybridized carbons (Fsp3) is 0.522. The summed E-state index contributed by atoms with van der Waals surface area (Å²) in [5.74, 6) is 1.37. The number of benzene rings is 1. The van der Waals surface area contributed by atoms with Crippen molar-refractivity contribution >= 4 is 22.6 Å². The average Bonchev–Trinajstić information content (AvgIpc) is 3.25. The van der Waals surface area contributed by atoms with Crippen LogP contribution < -0.4 is 10.6 Å². The molecule has 1 atom stereocenters. The maximum atomic E-state index is 12.8. The van der Waals surface area contributed by atoms with E-state index in [0.29, 0.717) is 12.5 Å². The molecule has 6 heteroatoms. The van der Waals surface area contributed by atoms with Crippen LogP contribution in [0, 0.1) is 5.92 Å². The molecule has 4 rings (SSSR count). The molecule has 1 saturated heterocycles. The first kappa shape index (κ1) is 19.7. The molecule has 1 amide bonds. The number of nitrogens with zero attached hydrogens (tertiary/aromatic N) is 3. The Labute approximate surface area is 172 Å². The molecule has 2 heterocycles. The van der Waals surface area contributed by atoms with Gasteiger partial charge in [0, 0.05) is 43.7 Å². The zero-order valence-corrected chi connectivity index (χ0v) is 17.2. The van der Waals surface area contributed by atoms with Crippen LogP contribution in [0.25, 0.3) is 10.8 Å². The summed E-state index contributed by atoms with van der Waals surface area (Å²) < 4.78 is 0. The number of pyridine rings is 1. The first-order chi connectivity index (χ1) is 14.2. The summed E-state index contributed by atoms with van der Waals surface area (Å²) in [7, 11) is 1.78. The van der Waals surface area contributed by atoms with Crippen molar-refractivity contribution < 1.29 is 4.79 Å². The first-order valence-corrected chi connectivity index (χ1v) is 10.8. The van der Waals surface area contributed by atoms with E-state index in [1.165, 1.54) is 24.6 Å². The van der Waals surface area contributed by atoms with Crippen molar-refractivity contribution in [3.63, 3.8) is 0 Å². The third-order valence-corrected chi connectivity index (χ3v) is 6.20. The van der Waals surface area contributed by atoms with Crippen molar-refractivity contribution in [2.75, 3.05) is 20.1 Å². The summed E-state index contributed by atoms with van der Waals surface area (Å²) >= 11 is 0. The van der Waals surface area contributed by atoms with E-state index in [4.69, 9.17) is 0 Å². The number of amides is 1. The summed E-state index contributed by atoms with van der Waals surface area (Å²) in [4.78, 5) is 23.7. The monoisotopic (exact) mass is 393 g/mol. The molecular formula is C23H31N5O. The van der Waals surface area contributed by atoms with Gasteiger partial charge in [0.15, 0.2) is 5.96 Å². The van der Waals surface area contributed by atoms with E-state index < -0.39 is 0 Å². The molecule has 2 fully saturated rings. The molecule has 0 bridgehead atoms. The molecule has 0 radical (unpaired) electrons. The van der Waals surface area contributed by atoms with Crippen LogP contribution >= 0.6 is 0 Å². The van der Waals surface area contributed by atoms with Gasteiger partial charge in [-0.25, -0.2) is 0 Å². The topological polar surface area (TPSA) is 69.6 Å². The van der Waals surface area contributed by atoms with Gasteiger partial charge < -0.3 is 15.5 Å². The van der Waals surface area contributed by atoms with Gasteiger partial charge in [-0.2, -0.15) is 0 Å². The maximum Gasteiger partial charge on any atom is 0.225 e. The van der Waals surface area contributed by atoms with Gasteiger partial charge >= 0.3 is 0 Å². The van der Waals surface area contributed by atoms with Crippen molar-refractivity contribution in [3.05, 3.63) is 42.2 Å². The van der Waals surface area contributed by atoms with E-state index in [0.717, 1.165) is 49.4 Å². The predicted octanol–water partition coefficient (Wildman–Crippen LogP) is 3.08. The third kappa shape index (κ3) is 4.69. The Bertz CT molecular complexity index is 869. The number of guanidine groups is 1. The second-order valence-corrected chi connectivity index (χ2v) is 8.15. The number of likely N-dealkylation sites (tertiary alicyclic amines) is 1. The van der Waals surface area contributed by atoms with Crippen LogP contribution in [0.15, 0.2) is 41.5 Å². The fourth-order valence-corrected chi connectivity index (χ4v) is 4.56. The number of nitrogens with one attached hydrogen (secondary N) is 2. The zero-order valence-electron chi connectivity index (χ0n) is 17.2. The molecule has 1 saturated carbocycles. The molecule has 1 aromatic carbocycles. The third-order valence-electron chi connectivity index (χ3n) is 6.20. The van der Waals surface area contributed by atoms with Gasteiger partial charge in [0.25, 0.3) is 0 Å². The number of carbonyl (C=O) groups excluding carboxylic acids is 1. The lowest BCUT2D eigenvalue weighted by Crippen LogP contribution is -2.45. The molecule has 2 aliphatic rings. The van der Waals surface area contributed by atoms with Gasteiger partial charge in [-0.05, 0) is 30.7 Å². The molecule has 1 aromatic heterocycles. The number of carbonyl (C=O) groups is 1. The number of aliphatic imine (C=N–C) groups is 1. The zero-order chi connectivity index (χ0) is 20.1. The van der Waals surface area contributed by atoms with E-state index in [1.54, 1.807) is 7.05 Å². The lowest BCUT2D eigenvalue weighted by Gasteiger charge is -2.26. The van der Waals surface area contributed by atoms with Crippen LogP contribution in [0.1, 0.15) is 44.2 Å². The van der Waals surface area contributed by atoms with Crippen molar-refractivity contribution in [1.29, 1.82) is 0 Å². The number of hydrogen-bond donors (Lipinski definition) is 2. The Morgan fingerprint density at radius 3 is 2.83 bits per heavy atom. The minimum absolute atomic E-state index is 0.245. The van der Waals surface area contributed by atoms with E-state index in [2.05, 4.69) is 32.7 Å².